The van der Waals surface area contributed by atoms with Gasteiger partial charge in [-0.05, 0) is 19.4 Å². The van der Waals surface area contributed by atoms with Gasteiger partial charge in [0.15, 0.2) is 0 Å². The molecule has 0 aromatic heterocycles. The normalized spacial score (nSPS) is 27.5. The predicted octanol–water partition coefficient (Wildman–Crippen LogP) is -0.321. The summed E-state index contributed by atoms with van der Waals surface area (Å²) >= 11 is 0. The maximum Gasteiger partial charge on any atom is 0.147 e. The van der Waals surface area contributed by atoms with Crippen molar-refractivity contribution >= 4 is 0 Å². The van der Waals surface area contributed by atoms with E-state index >= 15 is 0 Å². The highest BCUT2D eigenvalue weighted by atomic mass is 16.7. The third-order valence-electron chi connectivity index (χ3n) is 3.51. The zero-order chi connectivity index (χ0) is 12.7. The quantitative estimate of drug-likeness (QED) is 0.638. The summed E-state index contributed by atoms with van der Waals surface area (Å²) in [5.74, 6) is 0. The van der Waals surface area contributed by atoms with Crippen molar-refractivity contribution in [1.82, 2.24) is 5.32 Å². The Morgan fingerprint density at radius 1 is 1.06 bits per heavy atom. The fraction of sp³-hybridized carbons (Fsp3) is 1.00. The number of nitrogens with two attached hydrogens (primary N) is 1. The van der Waals surface area contributed by atoms with Crippen molar-refractivity contribution in [3.8, 4) is 0 Å². The smallest absolute Gasteiger partial charge is 0.147 e. The molecule has 2 heterocycles. The second-order valence-electron chi connectivity index (χ2n) is 4.98. The molecule has 0 radical (unpaired) electrons. The molecule has 0 saturated carbocycles. The van der Waals surface area contributed by atoms with Crippen LogP contribution in [0.2, 0.25) is 0 Å². The van der Waals surface area contributed by atoms with E-state index in [1.54, 1.807) is 0 Å². The van der Waals surface area contributed by atoms with Crippen LogP contribution in [0.4, 0.5) is 0 Å². The number of hydrogen-bond donors (Lipinski definition) is 2. The summed E-state index contributed by atoms with van der Waals surface area (Å²) < 4.78 is 22.0. The second-order valence-corrected chi connectivity index (χ2v) is 4.98. The van der Waals surface area contributed by atoms with Crippen LogP contribution < -0.4 is 11.1 Å². The molecule has 2 rings (SSSR count). The minimum atomic E-state index is -0.121. The van der Waals surface area contributed by atoms with Crippen molar-refractivity contribution in [2.24, 2.45) is 11.1 Å². The van der Waals surface area contributed by atoms with Gasteiger partial charge in [0, 0.05) is 13.1 Å². The average molecular weight is 260 g/mol. The fourth-order valence-electron chi connectivity index (χ4n) is 2.53. The van der Waals surface area contributed by atoms with E-state index in [1.165, 1.54) is 0 Å². The van der Waals surface area contributed by atoms with Gasteiger partial charge < -0.3 is 30.0 Å². The van der Waals surface area contributed by atoms with Crippen LogP contribution in [0.3, 0.4) is 0 Å². The van der Waals surface area contributed by atoms with E-state index in [0.29, 0.717) is 40.0 Å². The van der Waals surface area contributed by atoms with Gasteiger partial charge in [0.2, 0.25) is 0 Å². The molecule has 0 aliphatic carbocycles. The largest absolute Gasteiger partial charge is 0.355 e. The van der Waals surface area contributed by atoms with Crippen LogP contribution in [-0.2, 0) is 18.9 Å². The lowest BCUT2D eigenvalue weighted by Crippen LogP contribution is -2.54. The van der Waals surface area contributed by atoms with Crippen molar-refractivity contribution < 1.29 is 18.9 Å². The average Bonchev–Trinajstić information content (AvgIpc) is 2.42. The molecule has 1 atom stereocenters. The molecule has 106 valence electrons. The lowest BCUT2D eigenvalue weighted by molar-refractivity contribution is -0.277. The first kappa shape index (κ1) is 14.2. The van der Waals surface area contributed by atoms with Gasteiger partial charge in [-0.3, -0.25) is 0 Å². The molecular weight excluding hydrogens is 236 g/mol. The number of rotatable bonds is 6. The molecular formula is C12H24N2O4. The zero-order valence-electron chi connectivity index (χ0n) is 10.9. The Labute approximate surface area is 108 Å². The third-order valence-corrected chi connectivity index (χ3v) is 3.51. The van der Waals surface area contributed by atoms with Gasteiger partial charge >= 0.3 is 0 Å². The van der Waals surface area contributed by atoms with Crippen LogP contribution in [0.1, 0.15) is 12.8 Å². The first-order valence-corrected chi connectivity index (χ1v) is 6.63. The Kier molecular flexibility index (Phi) is 5.81. The van der Waals surface area contributed by atoms with E-state index in [-0.39, 0.29) is 11.5 Å². The summed E-state index contributed by atoms with van der Waals surface area (Å²) in [6, 6.07) is 0. The van der Waals surface area contributed by atoms with Gasteiger partial charge in [-0.15, -0.1) is 0 Å². The van der Waals surface area contributed by atoms with Crippen molar-refractivity contribution in [1.29, 1.82) is 0 Å². The Morgan fingerprint density at radius 2 is 1.78 bits per heavy atom. The van der Waals surface area contributed by atoms with Crippen molar-refractivity contribution in [2.45, 2.75) is 18.9 Å². The highest BCUT2D eigenvalue weighted by Crippen LogP contribution is 2.34. The molecule has 2 saturated heterocycles. The van der Waals surface area contributed by atoms with Crippen LogP contribution in [0.5, 0.6) is 0 Å². The van der Waals surface area contributed by atoms with Crippen molar-refractivity contribution in [3.05, 3.63) is 0 Å². The van der Waals surface area contributed by atoms with Crippen LogP contribution in [0.15, 0.2) is 0 Å². The Balaban J connectivity index is 1.76. The molecule has 6 heteroatoms. The predicted molar refractivity (Wildman–Crippen MR) is 66.1 cm³/mol. The molecule has 0 aromatic carbocycles. The zero-order valence-corrected chi connectivity index (χ0v) is 10.9. The number of hydrogen-bond acceptors (Lipinski definition) is 6. The van der Waals surface area contributed by atoms with Crippen molar-refractivity contribution in [3.63, 3.8) is 0 Å². The Bertz CT molecular complexity index is 226. The molecule has 1 spiro atoms. The highest BCUT2D eigenvalue weighted by Gasteiger charge is 2.44. The SMILES string of the molecule is NCCNCCCC1OCOCC12COCOC2. The topological polar surface area (TPSA) is 75.0 Å². The lowest BCUT2D eigenvalue weighted by atomic mass is 9.81. The van der Waals surface area contributed by atoms with Crippen LogP contribution >= 0.6 is 0 Å². The molecule has 3 N–H and O–H groups in total. The summed E-state index contributed by atoms with van der Waals surface area (Å²) in [7, 11) is 0. The van der Waals surface area contributed by atoms with E-state index in [9.17, 15) is 0 Å². The summed E-state index contributed by atoms with van der Waals surface area (Å²) in [6.07, 6.45) is 2.21. The number of nitrogens with one attached hydrogen (secondary N) is 1. The maximum absolute atomic E-state index is 5.74. The molecule has 0 amide bonds. The Morgan fingerprint density at radius 3 is 2.50 bits per heavy atom. The summed E-state index contributed by atoms with van der Waals surface area (Å²) in [4.78, 5) is 0. The van der Waals surface area contributed by atoms with Gasteiger partial charge in [-0.25, -0.2) is 0 Å². The lowest BCUT2D eigenvalue weighted by Gasteiger charge is -2.45. The first-order valence-electron chi connectivity index (χ1n) is 6.63. The summed E-state index contributed by atoms with van der Waals surface area (Å²) in [5, 5.41) is 3.29. The van der Waals surface area contributed by atoms with Crippen molar-refractivity contribution in [2.75, 3.05) is 53.0 Å². The fourth-order valence-corrected chi connectivity index (χ4v) is 2.53. The number of ether oxygens (including phenoxy) is 4. The Hall–Kier alpha value is -0.240. The van der Waals surface area contributed by atoms with E-state index in [0.717, 1.165) is 25.9 Å². The summed E-state index contributed by atoms with van der Waals surface area (Å²) in [6.45, 7) is 5.26. The minimum Gasteiger partial charge on any atom is -0.355 e. The molecule has 2 aliphatic rings. The monoisotopic (exact) mass is 260 g/mol. The molecule has 2 aliphatic heterocycles. The molecule has 6 nitrogen and oxygen atoms in total. The van der Waals surface area contributed by atoms with E-state index in [2.05, 4.69) is 5.32 Å². The molecule has 0 aromatic rings. The third kappa shape index (κ3) is 3.63. The highest BCUT2D eigenvalue weighted by molar-refractivity contribution is 4.90. The molecule has 1 unspecified atom stereocenters. The van der Waals surface area contributed by atoms with Gasteiger partial charge in [0.05, 0.1) is 31.3 Å². The first-order chi connectivity index (χ1) is 8.87. The van der Waals surface area contributed by atoms with Crippen LogP contribution in [0.25, 0.3) is 0 Å². The van der Waals surface area contributed by atoms with Gasteiger partial charge in [0.25, 0.3) is 0 Å². The van der Waals surface area contributed by atoms with Gasteiger partial charge in [-0.2, -0.15) is 0 Å². The van der Waals surface area contributed by atoms with E-state index < -0.39 is 0 Å². The molecule has 18 heavy (non-hydrogen) atoms. The van der Waals surface area contributed by atoms with Gasteiger partial charge in [-0.1, -0.05) is 0 Å². The summed E-state index contributed by atoms with van der Waals surface area (Å²) in [5.41, 5.74) is 5.31. The maximum atomic E-state index is 5.74. The van der Waals surface area contributed by atoms with Crippen LogP contribution in [0, 0.1) is 5.41 Å². The van der Waals surface area contributed by atoms with E-state index in [4.69, 9.17) is 24.7 Å². The van der Waals surface area contributed by atoms with Crippen LogP contribution in [-0.4, -0.2) is 59.1 Å². The van der Waals surface area contributed by atoms with E-state index in [1.807, 2.05) is 0 Å². The molecule has 0 bridgehead atoms. The standard InChI is InChI=1S/C12H24N2O4/c13-3-5-14-4-1-2-11-12(8-17-10-18-11)6-15-9-16-7-12/h11,14H,1-10,13H2. The van der Waals surface area contributed by atoms with Gasteiger partial charge in [0.1, 0.15) is 13.6 Å². The minimum absolute atomic E-state index is 0.121. The second kappa shape index (κ2) is 7.37. The molecule has 2 fully saturated rings.